The summed E-state index contributed by atoms with van der Waals surface area (Å²) in [6.45, 7) is 0. The fourth-order valence-corrected chi connectivity index (χ4v) is 5.43. The third-order valence-electron chi connectivity index (χ3n) is 3.70. The molecule has 0 aliphatic carbocycles. The lowest BCUT2D eigenvalue weighted by Crippen LogP contribution is -2.15. The van der Waals surface area contributed by atoms with Crippen molar-refractivity contribution in [3.05, 3.63) is 58.6 Å². The zero-order chi connectivity index (χ0) is 18.6. The van der Waals surface area contributed by atoms with Crippen molar-refractivity contribution in [2.24, 2.45) is 0 Å². The second-order valence-corrected chi connectivity index (χ2v) is 9.90. The number of amides is 1. The number of fused-ring (bicyclic) bond motifs is 1. The van der Waals surface area contributed by atoms with E-state index in [2.05, 4.69) is 26.2 Å². The van der Waals surface area contributed by atoms with Crippen molar-refractivity contribution in [1.82, 2.24) is 4.98 Å². The molecule has 1 amide bonds. The van der Waals surface area contributed by atoms with E-state index in [-0.39, 0.29) is 30.3 Å². The summed E-state index contributed by atoms with van der Waals surface area (Å²) in [7, 11) is -3.23. The van der Waals surface area contributed by atoms with Gasteiger partial charge in [0.25, 0.3) is 0 Å². The van der Waals surface area contributed by atoms with Crippen LogP contribution in [0.2, 0.25) is 0 Å². The number of thiazole rings is 1. The van der Waals surface area contributed by atoms with Crippen LogP contribution in [0.25, 0.3) is 10.2 Å². The first kappa shape index (κ1) is 19.0. The summed E-state index contributed by atoms with van der Waals surface area (Å²) in [5.41, 5.74) is 1.57. The summed E-state index contributed by atoms with van der Waals surface area (Å²) < 4.78 is 26.1. The van der Waals surface area contributed by atoms with Gasteiger partial charge in [-0.15, -0.1) is 0 Å². The summed E-state index contributed by atoms with van der Waals surface area (Å²) in [4.78, 5) is 16.5. The van der Waals surface area contributed by atoms with Gasteiger partial charge in [-0.2, -0.15) is 0 Å². The fraction of sp³-hybridized carbons (Fsp3) is 0.222. The number of nitrogens with zero attached hydrogens (tertiary/aromatic N) is 1. The van der Waals surface area contributed by atoms with E-state index in [0.29, 0.717) is 5.13 Å². The maximum Gasteiger partial charge on any atom is 0.226 e. The molecule has 0 fully saturated rings. The molecule has 0 saturated heterocycles. The van der Waals surface area contributed by atoms with Gasteiger partial charge in [-0.1, -0.05) is 47.7 Å². The van der Waals surface area contributed by atoms with Crippen molar-refractivity contribution in [3.8, 4) is 0 Å². The minimum atomic E-state index is -3.23. The predicted octanol–water partition coefficient (Wildman–Crippen LogP) is 4.39. The standard InChI is InChI=1S/C18H17BrN2O3S2/c19-14-8-4-9-15-17(14)21-18(25-15)20-16(22)10-5-11-26(23,24)12-13-6-2-1-3-7-13/h1-4,6-9H,5,10-12H2,(H,20,21,22). The Bertz CT molecular complexity index is 1020. The molecule has 0 unspecified atom stereocenters. The molecular weight excluding hydrogens is 436 g/mol. The smallest absolute Gasteiger partial charge is 0.226 e. The SMILES string of the molecule is O=C(CCCS(=O)(=O)Cc1ccccc1)Nc1nc2c(Br)cccc2s1. The molecule has 5 nitrogen and oxygen atoms in total. The van der Waals surface area contributed by atoms with Crippen molar-refractivity contribution < 1.29 is 13.2 Å². The second-order valence-electron chi connectivity index (χ2n) is 5.83. The molecule has 0 saturated carbocycles. The van der Waals surface area contributed by atoms with Gasteiger partial charge in [0.15, 0.2) is 15.0 Å². The van der Waals surface area contributed by atoms with Gasteiger partial charge < -0.3 is 5.32 Å². The minimum absolute atomic E-state index is 0.00134. The Morgan fingerprint density at radius 1 is 1.12 bits per heavy atom. The molecule has 0 radical (unpaired) electrons. The molecule has 0 spiro atoms. The number of rotatable bonds is 7. The first-order chi connectivity index (χ1) is 12.4. The number of benzene rings is 2. The van der Waals surface area contributed by atoms with Crippen molar-refractivity contribution in [2.45, 2.75) is 18.6 Å². The van der Waals surface area contributed by atoms with E-state index in [1.807, 2.05) is 36.4 Å². The van der Waals surface area contributed by atoms with Gasteiger partial charge in [-0.05, 0) is 40.0 Å². The number of nitrogens with one attached hydrogen (secondary N) is 1. The summed E-state index contributed by atoms with van der Waals surface area (Å²) >= 11 is 4.82. The van der Waals surface area contributed by atoms with Gasteiger partial charge in [0.05, 0.1) is 21.7 Å². The number of hydrogen-bond acceptors (Lipinski definition) is 5. The molecule has 0 aliphatic rings. The van der Waals surface area contributed by atoms with Crippen LogP contribution >= 0.6 is 27.3 Å². The Hall–Kier alpha value is -1.77. The van der Waals surface area contributed by atoms with Crippen molar-refractivity contribution in [2.75, 3.05) is 11.1 Å². The summed E-state index contributed by atoms with van der Waals surface area (Å²) in [6, 6.07) is 14.8. The molecule has 26 heavy (non-hydrogen) atoms. The van der Waals surface area contributed by atoms with E-state index in [9.17, 15) is 13.2 Å². The first-order valence-electron chi connectivity index (χ1n) is 8.02. The number of anilines is 1. The van der Waals surface area contributed by atoms with Crippen LogP contribution < -0.4 is 5.32 Å². The van der Waals surface area contributed by atoms with Crippen LogP contribution in [0.15, 0.2) is 53.0 Å². The van der Waals surface area contributed by atoms with Crippen molar-refractivity contribution in [1.29, 1.82) is 0 Å². The number of hydrogen-bond donors (Lipinski definition) is 1. The Kier molecular flexibility index (Phi) is 6.05. The van der Waals surface area contributed by atoms with E-state index in [4.69, 9.17) is 0 Å². The van der Waals surface area contributed by atoms with Crippen LogP contribution in [0.5, 0.6) is 0 Å². The quantitative estimate of drug-likeness (QED) is 0.576. The van der Waals surface area contributed by atoms with Gasteiger partial charge in [-0.25, -0.2) is 13.4 Å². The largest absolute Gasteiger partial charge is 0.302 e. The minimum Gasteiger partial charge on any atom is -0.302 e. The normalized spacial score (nSPS) is 11.6. The monoisotopic (exact) mass is 452 g/mol. The van der Waals surface area contributed by atoms with Gasteiger partial charge in [-0.3, -0.25) is 4.79 Å². The molecule has 3 aromatic rings. The highest BCUT2D eigenvalue weighted by molar-refractivity contribution is 9.10. The maximum atomic E-state index is 12.1. The van der Waals surface area contributed by atoms with Crippen molar-refractivity contribution >= 4 is 58.4 Å². The zero-order valence-electron chi connectivity index (χ0n) is 13.8. The molecular formula is C18H17BrN2O3S2. The molecule has 136 valence electrons. The van der Waals surface area contributed by atoms with E-state index >= 15 is 0 Å². The molecule has 0 aliphatic heterocycles. The highest BCUT2D eigenvalue weighted by atomic mass is 79.9. The fourth-order valence-electron chi connectivity index (χ4n) is 2.50. The molecule has 8 heteroatoms. The molecule has 2 aromatic carbocycles. The van der Waals surface area contributed by atoms with Crippen LogP contribution in [-0.2, 0) is 20.4 Å². The summed E-state index contributed by atoms with van der Waals surface area (Å²) in [6.07, 6.45) is 0.431. The van der Waals surface area contributed by atoms with Gasteiger partial charge in [0, 0.05) is 10.9 Å². The lowest BCUT2D eigenvalue weighted by Gasteiger charge is -2.05. The lowest BCUT2D eigenvalue weighted by molar-refractivity contribution is -0.116. The molecule has 0 atom stereocenters. The molecule has 0 bridgehead atoms. The summed E-state index contributed by atoms with van der Waals surface area (Å²) in [5.74, 6) is -0.239. The average Bonchev–Trinajstić information content (AvgIpc) is 2.99. The number of carbonyl (C=O) groups is 1. The topological polar surface area (TPSA) is 76.1 Å². The predicted molar refractivity (Wildman–Crippen MR) is 109 cm³/mol. The van der Waals surface area contributed by atoms with Gasteiger partial charge >= 0.3 is 0 Å². The molecule has 3 rings (SSSR count). The molecule has 1 aromatic heterocycles. The Balaban J connectivity index is 1.51. The zero-order valence-corrected chi connectivity index (χ0v) is 17.0. The van der Waals surface area contributed by atoms with Crippen molar-refractivity contribution in [3.63, 3.8) is 0 Å². The van der Waals surface area contributed by atoms with Gasteiger partial charge in [0.1, 0.15) is 0 Å². The van der Waals surface area contributed by atoms with E-state index in [0.717, 1.165) is 20.3 Å². The van der Waals surface area contributed by atoms with Crippen LogP contribution in [0, 0.1) is 0 Å². The van der Waals surface area contributed by atoms with E-state index in [1.54, 1.807) is 12.1 Å². The highest BCUT2D eigenvalue weighted by Gasteiger charge is 2.14. The van der Waals surface area contributed by atoms with E-state index in [1.165, 1.54) is 11.3 Å². The highest BCUT2D eigenvalue weighted by Crippen LogP contribution is 2.30. The molecule has 1 N–H and O–H groups in total. The molecule has 1 heterocycles. The average molecular weight is 453 g/mol. The Morgan fingerprint density at radius 2 is 1.88 bits per heavy atom. The second kappa shape index (κ2) is 8.28. The number of aromatic nitrogens is 1. The van der Waals surface area contributed by atoms with Gasteiger partial charge in [0.2, 0.25) is 5.91 Å². The lowest BCUT2D eigenvalue weighted by atomic mass is 10.2. The van der Waals surface area contributed by atoms with Crippen LogP contribution in [0.3, 0.4) is 0 Å². The number of halogens is 1. The Morgan fingerprint density at radius 3 is 2.62 bits per heavy atom. The number of sulfone groups is 1. The van der Waals surface area contributed by atoms with Crippen LogP contribution in [0.1, 0.15) is 18.4 Å². The summed E-state index contributed by atoms with van der Waals surface area (Å²) in [5, 5.41) is 3.26. The third-order valence-corrected chi connectivity index (χ3v) is 6.96. The third kappa shape index (κ3) is 5.12. The number of para-hydroxylation sites is 1. The number of carbonyl (C=O) groups excluding carboxylic acids is 1. The maximum absolute atomic E-state index is 12.1. The first-order valence-corrected chi connectivity index (χ1v) is 11.5. The Labute approximate surface area is 164 Å². The van der Waals surface area contributed by atoms with E-state index < -0.39 is 9.84 Å². The van der Waals surface area contributed by atoms with Crippen LogP contribution in [0.4, 0.5) is 5.13 Å². The van der Waals surface area contributed by atoms with Crippen LogP contribution in [-0.4, -0.2) is 25.1 Å².